The molecule has 0 aliphatic heterocycles. The summed E-state index contributed by atoms with van der Waals surface area (Å²) in [6, 6.07) is 0. The van der Waals surface area contributed by atoms with E-state index < -0.39 is 11.2 Å². The second kappa shape index (κ2) is 4.32. The van der Waals surface area contributed by atoms with E-state index in [1.54, 1.807) is 14.0 Å². The zero-order chi connectivity index (χ0) is 15.5. The first-order chi connectivity index (χ1) is 9.63. The van der Waals surface area contributed by atoms with Gasteiger partial charge in [0.2, 0.25) is 0 Å². The highest BCUT2D eigenvalue weighted by molar-refractivity contribution is 5.87. The normalized spacial score (nSPS) is 47.4. The van der Waals surface area contributed by atoms with E-state index in [-0.39, 0.29) is 16.8 Å². The highest BCUT2D eigenvalue weighted by atomic mass is 16.6. The minimum atomic E-state index is -0.725. The summed E-state index contributed by atoms with van der Waals surface area (Å²) in [7, 11) is 1.71. The van der Waals surface area contributed by atoms with Gasteiger partial charge in [-0.2, -0.15) is 0 Å². The Labute approximate surface area is 126 Å². The molecule has 0 saturated heterocycles. The van der Waals surface area contributed by atoms with Crippen LogP contribution in [0, 0.1) is 10.8 Å². The lowest BCUT2D eigenvalue weighted by Crippen LogP contribution is -2.68. The van der Waals surface area contributed by atoms with Crippen molar-refractivity contribution >= 4 is 5.97 Å². The minimum Gasteiger partial charge on any atom is -0.456 e. The molecule has 0 heterocycles. The summed E-state index contributed by atoms with van der Waals surface area (Å²) >= 11 is 0. The number of esters is 1. The molecular formula is C17H26O4. The molecule has 21 heavy (non-hydrogen) atoms. The van der Waals surface area contributed by atoms with Crippen molar-refractivity contribution in [2.45, 2.75) is 63.6 Å². The number of hydrogen-bond acceptors (Lipinski definition) is 4. The third-order valence-corrected chi connectivity index (χ3v) is 5.47. The molecule has 0 spiro atoms. The van der Waals surface area contributed by atoms with Crippen molar-refractivity contribution in [1.29, 1.82) is 0 Å². The molecule has 0 radical (unpaired) electrons. The van der Waals surface area contributed by atoms with Crippen molar-refractivity contribution in [2.24, 2.45) is 10.8 Å². The molecule has 0 aromatic carbocycles. The Kier molecular flexibility index (Phi) is 3.10. The van der Waals surface area contributed by atoms with Gasteiger partial charge in [0.1, 0.15) is 5.60 Å². The predicted octanol–water partition coefficient (Wildman–Crippen LogP) is 2.60. The van der Waals surface area contributed by atoms with Gasteiger partial charge in [0, 0.05) is 24.5 Å². The summed E-state index contributed by atoms with van der Waals surface area (Å²) in [5.41, 5.74) is -0.895. The fraction of sp³-hybridized carbons (Fsp3) is 0.824. The Balaban J connectivity index is 1.95. The van der Waals surface area contributed by atoms with Gasteiger partial charge in [-0.05, 0) is 44.4 Å². The topological polar surface area (TPSA) is 55.8 Å². The Morgan fingerprint density at radius 3 is 2.48 bits per heavy atom. The van der Waals surface area contributed by atoms with E-state index in [0.29, 0.717) is 18.6 Å². The molecule has 4 unspecified atom stereocenters. The van der Waals surface area contributed by atoms with Gasteiger partial charge in [-0.1, -0.05) is 13.5 Å². The summed E-state index contributed by atoms with van der Waals surface area (Å²) in [6.07, 6.45) is 4.80. The van der Waals surface area contributed by atoms with Crippen LogP contribution in [-0.2, 0) is 14.3 Å². The zero-order valence-corrected chi connectivity index (χ0v) is 13.3. The molecule has 4 atom stereocenters. The molecule has 0 aromatic heterocycles. The van der Waals surface area contributed by atoms with Crippen LogP contribution in [0.4, 0.5) is 0 Å². The fourth-order valence-electron chi connectivity index (χ4n) is 6.06. The zero-order valence-electron chi connectivity index (χ0n) is 13.3. The molecule has 4 aliphatic rings. The van der Waals surface area contributed by atoms with Gasteiger partial charge in [-0.15, -0.1) is 0 Å². The maximum atomic E-state index is 12.1. The smallest absolute Gasteiger partial charge is 0.333 e. The van der Waals surface area contributed by atoms with Crippen LogP contribution in [0.15, 0.2) is 12.2 Å². The third-order valence-electron chi connectivity index (χ3n) is 5.47. The van der Waals surface area contributed by atoms with Crippen LogP contribution in [0.3, 0.4) is 0 Å². The van der Waals surface area contributed by atoms with Gasteiger partial charge < -0.3 is 14.6 Å². The SMILES string of the molecule is C=C(C)C(=O)OC12CC3(C)CC(O)(CC(COC)(C3)C1)C2. The number of aliphatic hydroxyl groups is 1. The largest absolute Gasteiger partial charge is 0.456 e. The lowest BCUT2D eigenvalue weighted by molar-refractivity contribution is -0.269. The summed E-state index contributed by atoms with van der Waals surface area (Å²) in [5, 5.41) is 11.0. The standard InChI is InChI=1S/C17H26O4/c1-12(2)13(18)21-17-7-14(3)5-15(9-17,11-20-4)8-16(19,6-14)10-17/h19H,1,5-11H2,2-4H3. The number of carbonyl (C=O) groups is 1. The molecule has 118 valence electrons. The van der Waals surface area contributed by atoms with Gasteiger partial charge in [0.15, 0.2) is 0 Å². The molecule has 4 fully saturated rings. The molecule has 4 bridgehead atoms. The molecule has 4 saturated carbocycles. The summed E-state index contributed by atoms with van der Waals surface area (Å²) in [4.78, 5) is 12.1. The summed E-state index contributed by atoms with van der Waals surface area (Å²) in [6.45, 7) is 8.18. The van der Waals surface area contributed by atoms with E-state index in [1.165, 1.54) is 0 Å². The van der Waals surface area contributed by atoms with Crippen LogP contribution in [0.5, 0.6) is 0 Å². The number of methoxy groups -OCH3 is 1. The van der Waals surface area contributed by atoms with Crippen molar-refractivity contribution in [3.8, 4) is 0 Å². The molecule has 0 amide bonds. The van der Waals surface area contributed by atoms with Crippen LogP contribution in [0.2, 0.25) is 0 Å². The maximum absolute atomic E-state index is 12.1. The van der Waals surface area contributed by atoms with Crippen molar-refractivity contribution in [3.63, 3.8) is 0 Å². The van der Waals surface area contributed by atoms with Crippen molar-refractivity contribution in [3.05, 3.63) is 12.2 Å². The average Bonchev–Trinajstić information content (AvgIpc) is 2.22. The quantitative estimate of drug-likeness (QED) is 0.639. The van der Waals surface area contributed by atoms with E-state index in [1.807, 2.05) is 0 Å². The first kappa shape index (κ1) is 15.0. The second-order valence-corrected chi connectivity index (χ2v) is 8.38. The van der Waals surface area contributed by atoms with Crippen molar-refractivity contribution < 1.29 is 19.4 Å². The first-order valence-electron chi connectivity index (χ1n) is 7.73. The Morgan fingerprint density at radius 2 is 1.90 bits per heavy atom. The van der Waals surface area contributed by atoms with Gasteiger partial charge in [-0.3, -0.25) is 0 Å². The molecule has 4 rings (SSSR count). The van der Waals surface area contributed by atoms with Gasteiger partial charge in [-0.25, -0.2) is 4.79 Å². The van der Waals surface area contributed by atoms with Gasteiger partial charge >= 0.3 is 5.97 Å². The van der Waals surface area contributed by atoms with Crippen LogP contribution in [0.25, 0.3) is 0 Å². The van der Waals surface area contributed by atoms with Crippen molar-refractivity contribution in [2.75, 3.05) is 13.7 Å². The highest BCUT2D eigenvalue weighted by Crippen LogP contribution is 2.68. The van der Waals surface area contributed by atoms with Gasteiger partial charge in [0.05, 0.1) is 12.2 Å². The third kappa shape index (κ3) is 2.42. The van der Waals surface area contributed by atoms with E-state index in [9.17, 15) is 9.90 Å². The van der Waals surface area contributed by atoms with Gasteiger partial charge in [0.25, 0.3) is 0 Å². The van der Waals surface area contributed by atoms with Crippen LogP contribution in [0.1, 0.15) is 52.4 Å². The summed E-state index contributed by atoms with van der Waals surface area (Å²) in [5.74, 6) is -0.336. The Hall–Kier alpha value is -0.870. The molecule has 4 aliphatic carbocycles. The molecule has 4 heteroatoms. The van der Waals surface area contributed by atoms with E-state index in [0.717, 1.165) is 32.1 Å². The minimum absolute atomic E-state index is 0.0252. The van der Waals surface area contributed by atoms with E-state index in [4.69, 9.17) is 9.47 Å². The van der Waals surface area contributed by atoms with E-state index in [2.05, 4.69) is 13.5 Å². The number of hydrogen-bond donors (Lipinski definition) is 1. The lowest BCUT2D eigenvalue weighted by atomic mass is 9.42. The molecule has 4 nitrogen and oxygen atoms in total. The molecule has 1 N–H and O–H groups in total. The van der Waals surface area contributed by atoms with Crippen molar-refractivity contribution in [1.82, 2.24) is 0 Å². The van der Waals surface area contributed by atoms with Crippen LogP contribution < -0.4 is 0 Å². The Bertz CT molecular complexity index is 477. The van der Waals surface area contributed by atoms with Crippen LogP contribution >= 0.6 is 0 Å². The number of ether oxygens (including phenoxy) is 2. The van der Waals surface area contributed by atoms with Crippen LogP contribution in [-0.4, -0.2) is 36.0 Å². The monoisotopic (exact) mass is 294 g/mol. The highest BCUT2D eigenvalue weighted by Gasteiger charge is 2.68. The average molecular weight is 294 g/mol. The Morgan fingerprint density at radius 1 is 1.19 bits per heavy atom. The first-order valence-corrected chi connectivity index (χ1v) is 7.73. The maximum Gasteiger partial charge on any atom is 0.333 e. The number of carbonyl (C=O) groups excluding carboxylic acids is 1. The lowest BCUT2D eigenvalue weighted by Gasteiger charge is -2.67. The molecular weight excluding hydrogens is 268 g/mol. The predicted molar refractivity (Wildman–Crippen MR) is 78.7 cm³/mol. The van der Waals surface area contributed by atoms with E-state index >= 15 is 0 Å². The second-order valence-electron chi connectivity index (χ2n) is 8.38. The fourth-order valence-corrected chi connectivity index (χ4v) is 6.06. The number of rotatable bonds is 4. The summed E-state index contributed by atoms with van der Waals surface area (Å²) < 4.78 is 11.3. The molecule has 0 aromatic rings.